The van der Waals surface area contributed by atoms with Crippen LogP contribution in [0.15, 0.2) is 22.6 Å². The van der Waals surface area contributed by atoms with Gasteiger partial charge < -0.3 is 14.2 Å². The van der Waals surface area contributed by atoms with Gasteiger partial charge in [0.2, 0.25) is 5.91 Å². The van der Waals surface area contributed by atoms with Gasteiger partial charge in [0, 0.05) is 45.1 Å². The van der Waals surface area contributed by atoms with Crippen molar-refractivity contribution < 1.29 is 14.0 Å². The van der Waals surface area contributed by atoms with Gasteiger partial charge in [-0.3, -0.25) is 9.59 Å². The third-order valence-electron chi connectivity index (χ3n) is 4.34. The van der Waals surface area contributed by atoms with Gasteiger partial charge in [-0.1, -0.05) is 6.92 Å². The zero-order valence-corrected chi connectivity index (χ0v) is 14.2. The van der Waals surface area contributed by atoms with E-state index in [1.54, 1.807) is 19.1 Å². The lowest BCUT2D eigenvalue weighted by atomic mass is 10.1. The van der Waals surface area contributed by atoms with E-state index < -0.39 is 0 Å². The van der Waals surface area contributed by atoms with Gasteiger partial charge in [-0.25, -0.2) is 4.98 Å². The van der Waals surface area contributed by atoms with Crippen LogP contribution in [-0.2, 0) is 4.79 Å². The number of aryl methyl sites for hydroxylation is 1. The summed E-state index contributed by atoms with van der Waals surface area (Å²) in [6, 6.07) is 5.36. The van der Waals surface area contributed by atoms with Crippen LogP contribution in [0, 0.1) is 6.92 Å². The highest BCUT2D eigenvalue weighted by atomic mass is 16.3. The van der Waals surface area contributed by atoms with Crippen LogP contribution in [0.4, 0.5) is 0 Å². The number of aromatic nitrogens is 1. The fourth-order valence-electron chi connectivity index (χ4n) is 3.10. The van der Waals surface area contributed by atoms with Gasteiger partial charge in [0.15, 0.2) is 11.5 Å². The van der Waals surface area contributed by atoms with Crippen molar-refractivity contribution >= 4 is 22.9 Å². The van der Waals surface area contributed by atoms with Gasteiger partial charge in [0.1, 0.15) is 5.52 Å². The van der Waals surface area contributed by atoms with Crippen LogP contribution in [0.5, 0.6) is 0 Å². The standard InChI is InChI=1S/C18H23N3O3/c1-3-5-17(22)20-8-4-9-21(11-10-20)18(23)14-6-7-15-16(12-14)24-13(2)19-15/h6-7,12H,3-5,8-11H2,1-2H3. The number of hydrogen-bond donors (Lipinski definition) is 0. The highest BCUT2D eigenvalue weighted by Crippen LogP contribution is 2.18. The Morgan fingerprint density at radius 2 is 1.92 bits per heavy atom. The molecule has 0 N–H and O–H groups in total. The zero-order valence-electron chi connectivity index (χ0n) is 14.2. The Morgan fingerprint density at radius 3 is 2.71 bits per heavy atom. The van der Waals surface area contributed by atoms with Crippen molar-refractivity contribution in [3.8, 4) is 0 Å². The summed E-state index contributed by atoms with van der Waals surface area (Å²) < 4.78 is 5.51. The van der Waals surface area contributed by atoms with Gasteiger partial charge in [0.05, 0.1) is 0 Å². The minimum atomic E-state index is -0.0178. The molecule has 3 rings (SSSR count). The molecule has 128 valence electrons. The second-order valence-electron chi connectivity index (χ2n) is 6.19. The first kappa shape index (κ1) is 16.5. The Kier molecular flexibility index (Phi) is 4.83. The molecule has 1 fully saturated rings. The molecule has 1 aromatic heterocycles. The topological polar surface area (TPSA) is 66.7 Å². The highest BCUT2D eigenvalue weighted by Gasteiger charge is 2.22. The first-order valence-electron chi connectivity index (χ1n) is 8.52. The normalized spacial score (nSPS) is 15.6. The number of oxazole rings is 1. The molecular formula is C18H23N3O3. The van der Waals surface area contributed by atoms with Crippen LogP contribution in [0.3, 0.4) is 0 Å². The first-order valence-corrected chi connectivity index (χ1v) is 8.52. The van der Waals surface area contributed by atoms with Gasteiger partial charge in [0.25, 0.3) is 5.91 Å². The Bertz CT molecular complexity index is 753. The van der Waals surface area contributed by atoms with E-state index in [2.05, 4.69) is 4.98 Å². The molecular weight excluding hydrogens is 306 g/mol. The van der Waals surface area contributed by atoms with Crippen LogP contribution in [-0.4, -0.2) is 52.8 Å². The molecule has 24 heavy (non-hydrogen) atoms. The summed E-state index contributed by atoms with van der Waals surface area (Å²) in [6.07, 6.45) is 2.24. The molecule has 2 amide bonds. The minimum absolute atomic E-state index is 0.0178. The van der Waals surface area contributed by atoms with Crippen molar-refractivity contribution in [2.75, 3.05) is 26.2 Å². The number of carbonyl (C=O) groups is 2. The minimum Gasteiger partial charge on any atom is -0.441 e. The molecule has 1 saturated heterocycles. The monoisotopic (exact) mass is 329 g/mol. The summed E-state index contributed by atoms with van der Waals surface area (Å²) in [5.41, 5.74) is 2.00. The SMILES string of the molecule is CCCC(=O)N1CCCN(C(=O)c2ccc3nc(C)oc3c2)CC1. The molecule has 6 nitrogen and oxygen atoms in total. The molecule has 0 unspecified atom stereocenters. The molecule has 2 heterocycles. The van der Waals surface area contributed by atoms with E-state index in [0.29, 0.717) is 43.1 Å². The quantitative estimate of drug-likeness (QED) is 0.868. The van der Waals surface area contributed by atoms with E-state index in [9.17, 15) is 9.59 Å². The third-order valence-corrected chi connectivity index (χ3v) is 4.34. The van der Waals surface area contributed by atoms with E-state index in [0.717, 1.165) is 24.9 Å². The molecule has 0 radical (unpaired) electrons. The first-order chi connectivity index (χ1) is 11.6. The lowest BCUT2D eigenvalue weighted by Gasteiger charge is -2.22. The summed E-state index contributed by atoms with van der Waals surface area (Å²) >= 11 is 0. The lowest BCUT2D eigenvalue weighted by molar-refractivity contribution is -0.131. The maximum Gasteiger partial charge on any atom is 0.254 e. The Morgan fingerprint density at radius 1 is 1.17 bits per heavy atom. The van der Waals surface area contributed by atoms with E-state index in [1.807, 2.05) is 22.8 Å². The van der Waals surface area contributed by atoms with Crippen LogP contribution >= 0.6 is 0 Å². The van der Waals surface area contributed by atoms with Gasteiger partial charge in [-0.05, 0) is 31.0 Å². The number of hydrogen-bond acceptors (Lipinski definition) is 4. The van der Waals surface area contributed by atoms with Crippen molar-refractivity contribution in [1.82, 2.24) is 14.8 Å². The summed E-state index contributed by atoms with van der Waals surface area (Å²) in [4.78, 5) is 32.8. The van der Waals surface area contributed by atoms with Crippen LogP contribution in [0.1, 0.15) is 42.4 Å². The third kappa shape index (κ3) is 3.42. The Labute approximate surface area is 141 Å². The predicted molar refractivity (Wildman–Crippen MR) is 90.8 cm³/mol. The second kappa shape index (κ2) is 7.03. The van der Waals surface area contributed by atoms with Gasteiger partial charge in [-0.2, -0.15) is 0 Å². The van der Waals surface area contributed by atoms with Gasteiger partial charge >= 0.3 is 0 Å². The van der Waals surface area contributed by atoms with E-state index in [-0.39, 0.29) is 11.8 Å². The summed E-state index contributed by atoms with van der Waals surface area (Å²) in [7, 11) is 0. The molecule has 1 aromatic carbocycles. The predicted octanol–water partition coefficient (Wildman–Crippen LogP) is 2.61. The fraction of sp³-hybridized carbons (Fsp3) is 0.500. The number of nitrogens with zero attached hydrogens (tertiary/aromatic N) is 3. The van der Waals surface area contributed by atoms with Crippen LogP contribution < -0.4 is 0 Å². The van der Waals surface area contributed by atoms with E-state index in [1.165, 1.54) is 0 Å². The maximum absolute atomic E-state index is 12.8. The maximum atomic E-state index is 12.8. The molecule has 2 aromatic rings. The van der Waals surface area contributed by atoms with Gasteiger partial charge in [-0.15, -0.1) is 0 Å². The number of carbonyl (C=O) groups excluding carboxylic acids is 2. The largest absolute Gasteiger partial charge is 0.441 e. The molecule has 0 spiro atoms. The smallest absolute Gasteiger partial charge is 0.254 e. The molecule has 1 aliphatic rings. The van der Waals surface area contributed by atoms with Crippen LogP contribution in [0.25, 0.3) is 11.1 Å². The van der Waals surface area contributed by atoms with Crippen molar-refractivity contribution in [3.05, 3.63) is 29.7 Å². The number of rotatable bonds is 3. The zero-order chi connectivity index (χ0) is 17.1. The van der Waals surface area contributed by atoms with Crippen molar-refractivity contribution in [2.45, 2.75) is 33.1 Å². The Balaban J connectivity index is 1.70. The highest BCUT2D eigenvalue weighted by molar-refractivity contribution is 5.97. The lowest BCUT2D eigenvalue weighted by Crippen LogP contribution is -2.37. The molecule has 0 aliphatic carbocycles. The molecule has 0 atom stereocenters. The molecule has 6 heteroatoms. The summed E-state index contributed by atoms with van der Waals surface area (Å²) in [6.45, 7) is 6.37. The summed E-state index contributed by atoms with van der Waals surface area (Å²) in [5, 5.41) is 0. The fourth-order valence-corrected chi connectivity index (χ4v) is 3.10. The van der Waals surface area contributed by atoms with Crippen molar-refractivity contribution in [3.63, 3.8) is 0 Å². The molecule has 0 bridgehead atoms. The number of benzene rings is 1. The average molecular weight is 329 g/mol. The van der Waals surface area contributed by atoms with Crippen LogP contribution in [0.2, 0.25) is 0 Å². The van der Waals surface area contributed by atoms with E-state index >= 15 is 0 Å². The Hall–Kier alpha value is -2.37. The molecule has 1 aliphatic heterocycles. The van der Waals surface area contributed by atoms with E-state index in [4.69, 9.17) is 4.42 Å². The number of fused-ring (bicyclic) bond motifs is 1. The second-order valence-corrected chi connectivity index (χ2v) is 6.19. The average Bonchev–Trinajstić information content (AvgIpc) is 2.78. The number of amides is 2. The van der Waals surface area contributed by atoms with Crippen molar-refractivity contribution in [2.24, 2.45) is 0 Å². The van der Waals surface area contributed by atoms with Crippen molar-refractivity contribution in [1.29, 1.82) is 0 Å². The summed E-state index contributed by atoms with van der Waals surface area (Å²) in [5.74, 6) is 0.760. The molecule has 0 saturated carbocycles.